The van der Waals surface area contributed by atoms with Crippen LogP contribution in [-0.4, -0.2) is 18.5 Å². The van der Waals surface area contributed by atoms with Crippen LogP contribution in [0.5, 0.6) is 0 Å². The molecule has 0 fully saturated rings. The number of amidine groups is 1. The summed E-state index contributed by atoms with van der Waals surface area (Å²) in [6, 6.07) is -0.625. The molecule has 0 aliphatic heterocycles. The van der Waals surface area contributed by atoms with Gasteiger partial charge in [0.25, 0.3) is 6.02 Å². The van der Waals surface area contributed by atoms with E-state index in [4.69, 9.17) is 11.1 Å². The summed E-state index contributed by atoms with van der Waals surface area (Å²) in [7, 11) is 0. The molecule has 5 nitrogen and oxygen atoms in total. The van der Waals surface area contributed by atoms with Gasteiger partial charge in [0.1, 0.15) is 0 Å². The van der Waals surface area contributed by atoms with Crippen LogP contribution in [0, 0.1) is 5.41 Å². The van der Waals surface area contributed by atoms with Gasteiger partial charge in [0.15, 0.2) is 0 Å². The number of hydrogen-bond acceptors (Lipinski definition) is 4. The number of carbonyl (C=O) groups is 1. The second-order valence-corrected chi connectivity index (χ2v) is 1.04. The second-order valence-electron chi connectivity index (χ2n) is 1.04. The molecule has 5 heteroatoms. The van der Waals surface area contributed by atoms with Crippen molar-refractivity contribution in [3.8, 4) is 0 Å². The van der Waals surface area contributed by atoms with Crippen molar-refractivity contribution in [2.75, 3.05) is 6.54 Å². The van der Waals surface area contributed by atoms with Crippen LogP contribution in [0.2, 0.25) is 0 Å². The fraction of sp³-hybridized carbons (Fsp3) is 0.333. The minimum atomic E-state index is -0.697. The van der Waals surface area contributed by atoms with Gasteiger partial charge < -0.3 is 16.2 Å². The van der Waals surface area contributed by atoms with Crippen molar-refractivity contribution in [2.24, 2.45) is 11.5 Å². The number of ether oxygens (including phenoxy) is 1. The second kappa shape index (κ2) is 2.98. The lowest BCUT2D eigenvalue weighted by molar-refractivity contribution is -0.134. The van der Waals surface area contributed by atoms with E-state index < -0.39 is 12.0 Å². The molecule has 0 atom stereocenters. The van der Waals surface area contributed by atoms with Gasteiger partial charge in [0.05, 0.1) is 6.54 Å². The van der Waals surface area contributed by atoms with Gasteiger partial charge in [-0.1, -0.05) is 0 Å². The van der Waals surface area contributed by atoms with Crippen molar-refractivity contribution in [1.82, 2.24) is 0 Å². The number of nitrogens with one attached hydrogen (secondary N) is 1. The van der Waals surface area contributed by atoms with Crippen LogP contribution in [0.25, 0.3) is 0 Å². The molecule has 0 spiro atoms. The topological polar surface area (TPSA) is 102 Å². The highest BCUT2D eigenvalue weighted by Crippen LogP contribution is 1.69. The number of esters is 1. The molecule has 0 saturated heterocycles. The van der Waals surface area contributed by atoms with Gasteiger partial charge in [-0.3, -0.25) is 10.2 Å². The quantitative estimate of drug-likeness (QED) is 0.218. The minimum Gasteiger partial charge on any atom is -0.392 e. The van der Waals surface area contributed by atoms with Crippen LogP contribution in [-0.2, 0) is 9.53 Å². The first kappa shape index (κ1) is 6.90. The molecule has 0 aliphatic rings. The summed E-state index contributed by atoms with van der Waals surface area (Å²) in [5, 5.41) is 6.41. The SMILES string of the molecule is N=C(N)OC(=O)CN. The van der Waals surface area contributed by atoms with E-state index >= 15 is 0 Å². The maximum absolute atomic E-state index is 10.1. The molecule has 5 N–H and O–H groups in total. The van der Waals surface area contributed by atoms with Gasteiger partial charge in [0.2, 0.25) is 0 Å². The molecular formula is C3H7N3O2. The standard InChI is InChI=1S/C3H7N3O2/c4-1-2(7)8-3(5)6/h1,4H2,(H3,5,6). The van der Waals surface area contributed by atoms with Crippen molar-refractivity contribution in [1.29, 1.82) is 5.41 Å². The molecule has 0 saturated carbocycles. The molecule has 0 radical (unpaired) electrons. The van der Waals surface area contributed by atoms with Gasteiger partial charge in [0, 0.05) is 0 Å². The number of carbonyl (C=O) groups excluding carboxylic acids is 1. The first-order valence-electron chi connectivity index (χ1n) is 1.91. The summed E-state index contributed by atoms with van der Waals surface area (Å²) in [4.78, 5) is 10.1. The molecule has 0 heterocycles. The van der Waals surface area contributed by atoms with Crippen LogP contribution in [0.4, 0.5) is 0 Å². The third-order valence-electron chi connectivity index (χ3n) is 0.390. The third kappa shape index (κ3) is 3.10. The Morgan fingerprint density at radius 2 is 2.25 bits per heavy atom. The summed E-state index contributed by atoms with van der Waals surface area (Å²) in [5.41, 5.74) is 9.45. The zero-order valence-corrected chi connectivity index (χ0v) is 4.18. The van der Waals surface area contributed by atoms with E-state index in [1.807, 2.05) is 0 Å². The summed E-state index contributed by atoms with van der Waals surface area (Å²) >= 11 is 0. The van der Waals surface area contributed by atoms with Gasteiger partial charge in [-0.2, -0.15) is 0 Å². The fourth-order valence-corrected chi connectivity index (χ4v) is 0.164. The molecular weight excluding hydrogens is 110 g/mol. The lowest BCUT2D eigenvalue weighted by Gasteiger charge is -1.94. The molecule has 0 bridgehead atoms. The van der Waals surface area contributed by atoms with Crippen molar-refractivity contribution in [3.05, 3.63) is 0 Å². The van der Waals surface area contributed by atoms with E-state index in [0.29, 0.717) is 0 Å². The normalized spacial score (nSPS) is 8.12. The Balaban J connectivity index is 3.40. The number of rotatable bonds is 1. The van der Waals surface area contributed by atoms with Crippen LogP contribution in [0.3, 0.4) is 0 Å². The molecule has 8 heavy (non-hydrogen) atoms. The van der Waals surface area contributed by atoms with E-state index in [0.717, 1.165) is 0 Å². The summed E-state index contributed by atoms with van der Waals surface area (Å²) in [5.74, 6) is -0.697. The Labute approximate surface area is 46.1 Å². The highest BCUT2D eigenvalue weighted by atomic mass is 16.5. The Kier molecular flexibility index (Phi) is 2.57. The Hall–Kier alpha value is -1.10. The van der Waals surface area contributed by atoms with Crippen molar-refractivity contribution < 1.29 is 9.53 Å². The third-order valence-corrected chi connectivity index (χ3v) is 0.390. The molecule has 46 valence electrons. The van der Waals surface area contributed by atoms with Crippen molar-refractivity contribution >= 4 is 12.0 Å². The predicted octanol–water partition coefficient (Wildman–Crippen LogP) is -1.62. The first-order valence-corrected chi connectivity index (χ1v) is 1.91. The monoisotopic (exact) mass is 117 g/mol. The predicted molar refractivity (Wildman–Crippen MR) is 27.1 cm³/mol. The molecule has 0 unspecified atom stereocenters. The molecule has 0 aliphatic carbocycles. The number of hydrogen-bond donors (Lipinski definition) is 3. The lowest BCUT2D eigenvalue weighted by Crippen LogP contribution is -2.24. The van der Waals surface area contributed by atoms with E-state index in [2.05, 4.69) is 10.5 Å². The molecule has 0 aromatic carbocycles. The Morgan fingerprint density at radius 3 is 2.38 bits per heavy atom. The minimum absolute atomic E-state index is 0.250. The Morgan fingerprint density at radius 1 is 1.75 bits per heavy atom. The largest absolute Gasteiger partial charge is 0.392 e. The van der Waals surface area contributed by atoms with E-state index in [9.17, 15) is 4.79 Å². The molecule has 0 aromatic rings. The fourth-order valence-electron chi connectivity index (χ4n) is 0.164. The van der Waals surface area contributed by atoms with Crippen LogP contribution >= 0.6 is 0 Å². The van der Waals surface area contributed by atoms with E-state index in [-0.39, 0.29) is 6.54 Å². The van der Waals surface area contributed by atoms with E-state index in [1.165, 1.54) is 0 Å². The van der Waals surface area contributed by atoms with Gasteiger partial charge in [-0.25, -0.2) is 0 Å². The summed E-state index contributed by atoms with van der Waals surface area (Å²) in [6.45, 7) is -0.250. The van der Waals surface area contributed by atoms with Gasteiger partial charge in [-0.15, -0.1) is 0 Å². The summed E-state index contributed by atoms with van der Waals surface area (Å²) < 4.78 is 4.00. The molecule has 0 amide bonds. The molecule has 0 aromatic heterocycles. The lowest BCUT2D eigenvalue weighted by atomic mass is 10.7. The summed E-state index contributed by atoms with van der Waals surface area (Å²) in [6.07, 6.45) is 0. The van der Waals surface area contributed by atoms with Crippen LogP contribution in [0.15, 0.2) is 0 Å². The maximum Gasteiger partial charge on any atom is 0.327 e. The highest BCUT2D eigenvalue weighted by Gasteiger charge is 1.97. The van der Waals surface area contributed by atoms with Gasteiger partial charge in [-0.05, 0) is 0 Å². The van der Waals surface area contributed by atoms with E-state index in [1.54, 1.807) is 0 Å². The van der Waals surface area contributed by atoms with Crippen LogP contribution < -0.4 is 11.5 Å². The molecule has 0 rings (SSSR count). The highest BCUT2D eigenvalue weighted by molar-refractivity contribution is 5.85. The zero-order chi connectivity index (χ0) is 6.57. The zero-order valence-electron chi connectivity index (χ0n) is 4.18. The smallest absolute Gasteiger partial charge is 0.327 e. The van der Waals surface area contributed by atoms with Crippen LogP contribution in [0.1, 0.15) is 0 Å². The van der Waals surface area contributed by atoms with Crippen molar-refractivity contribution in [2.45, 2.75) is 0 Å². The van der Waals surface area contributed by atoms with Gasteiger partial charge >= 0.3 is 5.97 Å². The number of nitrogens with two attached hydrogens (primary N) is 2. The maximum atomic E-state index is 10.1. The Bertz CT molecular complexity index is 111. The average molecular weight is 117 g/mol. The average Bonchev–Trinajstić information content (AvgIpc) is 1.65. The van der Waals surface area contributed by atoms with Crippen molar-refractivity contribution in [3.63, 3.8) is 0 Å². The first-order chi connectivity index (χ1) is 3.66.